The van der Waals surface area contributed by atoms with Gasteiger partial charge in [-0.1, -0.05) is 6.07 Å². The van der Waals surface area contributed by atoms with E-state index in [4.69, 9.17) is 5.26 Å². The molecule has 0 radical (unpaired) electrons. The summed E-state index contributed by atoms with van der Waals surface area (Å²) in [5.41, 5.74) is 0.590. The lowest BCUT2D eigenvalue weighted by Gasteiger charge is -2.19. The highest BCUT2D eigenvalue weighted by Gasteiger charge is 2.20. The molecule has 0 aliphatic rings. The molecule has 1 amide bonds. The van der Waals surface area contributed by atoms with Gasteiger partial charge in [0.25, 0.3) is 5.91 Å². The van der Waals surface area contributed by atoms with E-state index in [-0.39, 0.29) is 23.8 Å². The van der Waals surface area contributed by atoms with E-state index in [2.05, 4.69) is 15.2 Å². The van der Waals surface area contributed by atoms with Crippen LogP contribution in [0, 0.1) is 24.1 Å². The lowest BCUT2D eigenvalue weighted by molar-refractivity contribution is 0.0739. The highest BCUT2D eigenvalue weighted by molar-refractivity contribution is 5.90. The van der Waals surface area contributed by atoms with Crippen LogP contribution in [0.1, 0.15) is 34.5 Å². The number of aryl methyl sites for hydroxylation is 1. The summed E-state index contributed by atoms with van der Waals surface area (Å²) in [6.45, 7) is 3.98. The van der Waals surface area contributed by atoms with Gasteiger partial charge in [0.05, 0.1) is 11.6 Å². The maximum Gasteiger partial charge on any atom is 0.293 e. The number of nitrogens with one attached hydrogen (secondary N) is 1. The fourth-order valence-electron chi connectivity index (χ4n) is 1.86. The molecule has 0 fully saturated rings. The van der Waals surface area contributed by atoms with Crippen molar-refractivity contribution < 1.29 is 9.18 Å². The van der Waals surface area contributed by atoms with Crippen LogP contribution < -0.4 is 0 Å². The van der Waals surface area contributed by atoms with Gasteiger partial charge in [-0.3, -0.25) is 9.89 Å². The third kappa shape index (κ3) is 3.23. The normalized spacial score (nSPS) is 10.2. The summed E-state index contributed by atoms with van der Waals surface area (Å²) in [4.78, 5) is 17.6. The van der Waals surface area contributed by atoms with Crippen LogP contribution in [0.5, 0.6) is 0 Å². The maximum absolute atomic E-state index is 13.9. The number of nitriles is 1. The third-order valence-corrected chi connectivity index (χ3v) is 3.00. The van der Waals surface area contributed by atoms with Crippen LogP contribution in [-0.4, -0.2) is 32.5 Å². The SMILES string of the molecule is CCN(Cc1ccc(C#N)cc1F)C(=O)c1n[nH]c(C)n1. The number of hydrogen-bond acceptors (Lipinski definition) is 4. The number of amides is 1. The monoisotopic (exact) mass is 287 g/mol. The van der Waals surface area contributed by atoms with Crippen molar-refractivity contribution in [1.29, 1.82) is 5.26 Å². The summed E-state index contributed by atoms with van der Waals surface area (Å²) in [5, 5.41) is 15.1. The van der Waals surface area contributed by atoms with Crippen molar-refractivity contribution in [3.05, 3.63) is 46.8 Å². The summed E-state index contributed by atoms with van der Waals surface area (Å²) in [6.07, 6.45) is 0. The predicted molar refractivity (Wildman–Crippen MR) is 72.6 cm³/mol. The molecule has 0 aliphatic heterocycles. The van der Waals surface area contributed by atoms with Crippen LogP contribution in [0.15, 0.2) is 18.2 Å². The second-order valence-corrected chi connectivity index (χ2v) is 4.48. The topological polar surface area (TPSA) is 85.7 Å². The Balaban J connectivity index is 2.19. The molecule has 1 aromatic heterocycles. The van der Waals surface area contributed by atoms with Gasteiger partial charge in [-0.15, -0.1) is 5.10 Å². The Bertz CT molecular complexity index is 704. The van der Waals surface area contributed by atoms with E-state index in [1.54, 1.807) is 13.8 Å². The Kier molecular flexibility index (Phi) is 4.28. The molecular formula is C14H14FN5O. The fourth-order valence-corrected chi connectivity index (χ4v) is 1.86. The third-order valence-electron chi connectivity index (χ3n) is 3.00. The molecule has 0 spiro atoms. The van der Waals surface area contributed by atoms with Crippen molar-refractivity contribution in [2.75, 3.05) is 6.54 Å². The molecule has 0 aliphatic carbocycles. The first-order valence-corrected chi connectivity index (χ1v) is 6.42. The fraction of sp³-hybridized carbons (Fsp3) is 0.286. The van der Waals surface area contributed by atoms with Gasteiger partial charge in [0.15, 0.2) is 0 Å². The first-order valence-electron chi connectivity index (χ1n) is 6.42. The minimum atomic E-state index is -0.508. The van der Waals surface area contributed by atoms with Crippen molar-refractivity contribution in [2.45, 2.75) is 20.4 Å². The summed E-state index contributed by atoms with van der Waals surface area (Å²) in [7, 11) is 0. The Hall–Kier alpha value is -2.75. The average Bonchev–Trinajstić information content (AvgIpc) is 2.92. The quantitative estimate of drug-likeness (QED) is 0.928. The van der Waals surface area contributed by atoms with Gasteiger partial charge in [-0.2, -0.15) is 5.26 Å². The van der Waals surface area contributed by atoms with Crippen molar-refractivity contribution in [2.24, 2.45) is 0 Å². The van der Waals surface area contributed by atoms with Crippen LogP contribution in [0.25, 0.3) is 0 Å². The summed E-state index contributed by atoms with van der Waals surface area (Å²) in [6, 6.07) is 6.05. The molecule has 0 bridgehead atoms. The predicted octanol–water partition coefficient (Wildman–Crippen LogP) is 1.79. The molecule has 1 N–H and O–H groups in total. The summed E-state index contributed by atoms with van der Waals surface area (Å²) in [5.74, 6) is -0.278. The van der Waals surface area contributed by atoms with E-state index in [1.807, 2.05) is 6.07 Å². The lowest BCUT2D eigenvalue weighted by atomic mass is 10.1. The summed E-state index contributed by atoms with van der Waals surface area (Å²) < 4.78 is 13.9. The van der Waals surface area contributed by atoms with E-state index >= 15 is 0 Å². The molecule has 0 unspecified atom stereocenters. The molecule has 21 heavy (non-hydrogen) atoms. The molecule has 1 heterocycles. The van der Waals surface area contributed by atoms with Crippen LogP contribution in [-0.2, 0) is 6.54 Å². The molecule has 2 rings (SSSR count). The average molecular weight is 287 g/mol. The van der Waals surface area contributed by atoms with Crippen LogP contribution >= 0.6 is 0 Å². The van der Waals surface area contributed by atoms with E-state index in [0.717, 1.165) is 6.07 Å². The minimum absolute atomic E-state index is 0.0587. The van der Waals surface area contributed by atoms with Gasteiger partial charge in [0.1, 0.15) is 11.6 Å². The van der Waals surface area contributed by atoms with E-state index in [0.29, 0.717) is 17.9 Å². The Morgan fingerprint density at radius 1 is 1.52 bits per heavy atom. The van der Waals surface area contributed by atoms with Crippen LogP contribution in [0.2, 0.25) is 0 Å². The zero-order valence-corrected chi connectivity index (χ0v) is 11.7. The van der Waals surface area contributed by atoms with Gasteiger partial charge < -0.3 is 4.90 Å². The molecule has 0 atom stereocenters. The Morgan fingerprint density at radius 3 is 2.81 bits per heavy atom. The summed E-state index contributed by atoms with van der Waals surface area (Å²) >= 11 is 0. The molecule has 2 aromatic rings. The number of halogens is 1. The maximum atomic E-state index is 13.9. The Morgan fingerprint density at radius 2 is 2.29 bits per heavy atom. The number of aromatic amines is 1. The lowest BCUT2D eigenvalue weighted by Crippen LogP contribution is -2.31. The zero-order valence-electron chi connectivity index (χ0n) is 11.7. The molecule has 0 saturated carbocycles. The van der Waals surface area contributed by atoms with Crippen LogP contribution in [0.4, 0.5) is 4.39 Å². The zero-order chi connectivity index (χ0) is 15.4. The molecular weight excluding hydrogens is 273 g/mol. The standard InChI is InChI=1S/C14H14FN5O/c1-3-20(14(21)13-17-9(2)18-19-13)8-11-5-4-10(7-16)6-12(11)15/h4-6H,3,8H2,1-2H3,(H,17,18,19). The second-order valence-electron chi connectivity index (χ2n) is 4.48. The van der Waals surface area contributed by atoms with Gasteiger partial charge in [-0.25, -0.2) is 9.37 Å². The molecule has 0 saturated heterocycles. The van der Waals surface area contributed by atoms with Gasteiger partial charge >= 0.3 is 0 Å². The van der Waals surface area contributed by atoms with E-state index in [1.165, 1.54) is 17.0 Å². The second kappa shape index (κ2) is 6.13. The van der Waals surface area contributed by atoms with Gasteiger partial charge in [0, 0.05) is 18.7 Å². The van der Waals surface area contributed by atoms with E-state index < -0.39 is 5.82 Å². The Labute approximate surface area is 121 Å². The minimum Gasteiger partial charge on any atom is -0.332 e. The molecule has 7 heteroatoms. The number of hydrogen-bond donors (Lipinski definition) is 1. The van der Waals surface area contributed by atoms with Crippen molar-refractivity contribution in [1.82, 2.24) is 20.1 Å². The smallest absolute Gasteiger partial charge is 0.293 e. The van der Waals surface area contributed by atoms with Crippen molar-refractivity contribution in [3.63, 3.8) is 0 Å². The first-order chi connectivity index (χ1) is 10.0. The number of nitrogens with zero attached hydrogens (tertiary/aromatic N) is 4. The number of benzene rings is 1. The van der Waals surface area contributed by atoms with Gasteiger partial charge in [-0.05, 0) is 26.0 Å². The number of rotatable bonds is 4. The first kappa shape index (κ1) is 14.7. The van der Waals surface area contributed by atoms with E-state index in [9.17, 15) is 9.18 Å². The highest BCUT2D eigenvalue weighted by atomic mass is 19.1. The number of carbonyl (C=O) groups excluding carboxylic acids is 1. The number of H-pyrrole nitrogens is 1. The van der Waals surface area contributed by atoms with Crippen LogP contribution in [0.3, 0.4) is 0 Å². The van der Waals surface area contributed by atoms with Crippen molar-refractivity contribution in [3.8, 4) is 6.07 Å². The molecule has 1 aromatic carbocycles. The molecule has 108 valence electrons. The largest absolute Gasteiger partial charge is 0.332 e. The number of carbonyl (C=O) groups is 1. The van der Waals surface area contributed by atoms with Gasteiger partial charge in [0.2, 0.25) is 5.82 Å². The van der Waals surface area contributed by atoms with Crippen molar-refractivity contribution >= 4 is 5.91 Å². The number of aromatic nitrogens is 3. The highest BCUT2D eigenvalue weighted by Crippen LogP contribution is 2.13. The molecule has 6 nitrogen and oxygen atoms in total.